The molecule has 5 heteroatoms. The molecule has 0 aliphatic carbocycles. The normalized spacial score (nSPS) is 10.8. The average molecular weight is 241 g/mol. The van der Waals surface area contributed by atoms with Gasteiger partial charge in [0.25, 0.3) is 5.91 Å². The lowest BCUT2D eigenvalue weighted by Crippen LogP contribution is -2.31. The van der Waals surface area contributed by atoms with Crippen molar-refractivity contribution in [2.24, 2.45) is 0 Å². The summed E-state index contributed by atoms with van der Waals surface area (Å²) < 4.78 is 0. The molecule has 90 valence electrons. The van der Waals surface area contributed by atoms with E-state index in [0.717, 1.165) is 28.5 Å². The number of carbonyl (C=O) groups is 1. The number of rotatable bonds is 5. The minimum Gasteiger partial charge on any atom is -0.350 e. The zero-order valence-corrected chi connectivity index (χ0v) is 11.1. The smallest absolute Gasteiger partial charge is 0.263 e. The molecule has 0 radical (unpaired) electrons. The largest absolute Gasteiger partial charge is 0.350 e. The standard InChI is InChI=1S/C11H19N3OS/c1-5-9-13-8(2)10(16-9)11(15)12-6-7-14(3)4/h5-7H2,1-4H3,(H,12,15). The van der Waals surface area contributed by atoms with E-state index in [2.05, 4.69) is 10.3 Å². The summed E-state index contributed by atoms with van der Waals surface area (Å²) >= 11 is 1.49. The Morgan fingerprint density at radius 1 is 1.50 bits per heavy atom. The third-order valence-electron chi connectivity index (χ3n) is 2.19. The summed E-state index contributed by atoms with van der Waals surface area (Å²) in [5.41, 5.74) is 0.837. The van der Waals surface area contributed by atoms with Gasteiger partial charge in [-0.15, -0.1) is 11.3 Å². The van der Waals surface area contributed by atoms with Crippen LogP contribution in [-0.2, 0) is 6.42 Å². The first kappa shape index (κ1) is 13.1. The molecule has 0 saturated carbocycles. The third-order valence-corrected chi connectivity index (χ3v) is 3.49. The summed E-state index contributed by atoms with van der Waals surface area (Å²) in [4.78, 5) is 18.9. The average Bonchev–Trinajstić information content (AvgIpc) is 2.59. The van der Waals surface area contributed by atoms with E-state index in [9.17, 15) is 4.79 Å². The van der Waals surface area contributed by atoms with E-state index in [1.807, 2.05) is 32.8 Å². The Balaban J connectivity index is 2.55. The van der Waals surface area contributed by atoms with Crippen LogP contribution in [-0.4, -0.2) is 43.0 Å². The Bertz CT molecular complexity index is 360. The van der Waals surface area contributed by atoms with Gasteiger partial charge in [-0.2, -0.15) is 0 Å². The maximum Gasteiger partial charge on any atom is 0.263 e. The van der Waals surface area contributed by atoms with Crippen molar-refractivity contribution in [3.8, 4) is 0 Å². The number of likely N-dealkylation sites (N-methyl/N-ethyl adjacent to an activating group) is 1. The van der Waals surface area contributed by atoms with Crippen LogP contribution in [0.1, 0.15) is 27.3 Å². The Morgan fingerprint density at radius 2 is 2.19 bits per heavy atom. The molecule has 0 aliphatic heterocycles. The predicted molar refractivity (Wildman–Crippen MR) is 67.1 cm³/mol. The number of hydrogen-bond acceptors (Lipinski definition) is 4. The van der Waals surface area contributed by atoms with E-state index in [1.54, 1.807) is 0 Å². The van der Waals surface area contributed by atoms with E-state index in [-0.39, 0.29) is 5.91 Å². The van der Waals surface area contributed by atoms with Gasteiger partial charge in [-0.1, -0.05) is 6.92 Å². The van der Waals surface area contributed by atoms with E-state index in [0.29, 0.717) is 6.54 Å². The molecule has 0 aromatic carbocycles. The third kappa shape index (κ3) is 3.57. The fraction of sp³-hybridized carbons (Fsp3) is 0.636. The molecule has 0 fully saturated rings. The van der Waals surface area contributed by atoms with Crippen molar-refractivity contribution in [1.82, 2.24) is 15.2 Å². The highest BCUT2D eigenvalue weighted by Gasteiger charge is 2.13. The van der Waals surface area contributed by atoms with Crippen molar-refractivity contribution < 1.29 is 4.79 Å². The number of carbonyl (C=O) groups excluding carboxylic acids is 1. The van der Waals surface area contributed by atoms with Gasteiger partial charge in [-0.05, 0) is 27.4 Å². The van der Waals surface area contributed by atoms with Gasteiger partial charge in [-0.25, -0.2) is 4.98 Å². The minimum absolute atomic E-state index is 0.00319. The molecular weight excluding hydrogens is 222 g/mol. The molecule has 4 nitrogen and oxygen atoms in total. The lowest BCUT2D eigenvalue weighted by molar-refractivity contribution is 0.0954. The first-order valence-electron chi connectivity index (χ1n) is 5.43. The fourth-order valence-corrected chi connectivity index (χ4v) is 2.21. The van der Waals surface area contributed by atoms with Crippen molar-refractivity contribution >= 4 is 17.2 Å². The summed E-state index contributed by atoms with van der Waals surface area (Å²) in [5, 5.41) is 3.92. The lowest BCUT2D eigenvalue weighted by Gasteiger charge is -2.09. The number of aromatic nitrogens is 1. The summed E-state index contributed by atoms with van der Waals surface area (Å²) in [6.45, 7) is 5.46. The van der Waals surface area contributed by atoms with Crippen LogP contribution < -0.4 is 5.32 Å². The van der Waals surface area contributed by atoms with Gasteiger partial charge in [0, 0.05) is 13.1 Å². The monoisotopic (exact) mass is 241 g/mol. The molecule has 0 atom stereocenters. The summed E-state index contributed by atoms with van der Waals surface area (Å²) in [5.74, 6) is -0.00319. The molecule has 1 N–H and O–H groups in total. The highest BCUT2D eigenvalue weighted by atomic mass is 32.1. The highest BCUT2D eigenvalue weighted by molar-refractivity contribution is 7.13. The van der Waals surface area contributed by atoms with Gasteiger partial charge >= 0.3 is 0 Å². The van der Waals surface area contributed by atoms with Gasteiger partial charge < -0.3 is 10.2 Å². The van der Waals surface area contributed by atoms with Crippen LogP contribution in [0.25, 0.3) is 0 Å². The molecule has 1 heterocycles. The van der Waals surface area contributed by atoms with Crippen LogP contribution in [0.5, 0.6) is 0 Å². The molecular formula is C11H19N3OS. The van der Waals surface area contributed by atoms with Gasteiger partial charge in [0.2, 0.25) is 0 Å². The van der Waals surface area contributed by atoms with Crippen LogP contribution >= 0.6 is 11.3 Å². The van der Waals surface area contributed by atoms with E-state index in [4.69, 9.17) is 0 Å². The Labute approximate surface area is 101 Å². The van der Waals surface area contributed by atoms with E-state index in [1.165, 1.54) is 11.3 Å². The van der Waals surface area contributed by atoms with E-state index < -0.39 is 0 Å². The number of nitrogens with one attached hydrogen (secondary N) is 1. The van der Waals surface area contributed by atoms with Gasteiger partial charge in [-0.3, -0.25) is 4.79 Å². The molecule has 1 amide bonds. The predicted octanol–water partition coefficient (Wildman–Crippen LogP) is 1.31. The summed E-state index contributed by atoms with van der Waals surface area (Å²) in [7, 11) is 3.97. The number of hydrogen-bond donors (Lipinski definition) is 1. The SMILES string of the molecule is CCc1nc(C)c(C(=O)NCCN(C)C)s1. The maximum atomic E-state index is 11.8. The number of thiazole rings is 1. The number of amides is 1. The Hall–Kier alpha value is -0.940. The van der Waals surface area contributed by atoms with Crippen LogP contribution in [0.15, 0.2) is 0 Å². The van der Waals surface area contributed by atoms with E-state index >= 15 is 0 Å². The number of aryl methyl sites for hydroxylation is 2. The quantitative estimate of drug-likeness (QED) is 0.845. The van der Waals surface area contributed by atoms with Crippen molar-refractivity contribution in [3.63, 3.8) is 0 Å². The maximum absolute atomic E-state index is 11.8. The van der Waals surface area contributed by atoms with Crippen molar-refractivity contribution in [1.29, 1.82) is 0 Å². The second-order valence-electron chi connectivity index (χ2n) is 3.93. The molecule has 16 heavy (non-hydrogen) atoms. The van der Waals surface area contributed by atoms with Crippen molar-refractivity contribution in [3.05, 3.63) is 15.6 Å². The van der Waals surface area contributed by atoms with Gasteiger partial charge in [0.1, 0.15) is 4.88 Å². The highest BCUT2D eigenvalue weighted by Crippen LogP contribution is 2.17. The topological polar surface area (TPSA) is 45.2 Å². The Kier molecular flexibility index (Phi) is 4.89. The molecule has 1 rings (SSSR count). The van der Waals surface area contributed by atoms with Gasteiger partial charge in [0.15, 0.2) is 0 Å². The molecule has 0 bridgehead atoms. The van der Waals surface area contributed by atoms with Gasteiger partial charge in [0.05, 0.1) is 10.7 Å². The number of nitrogens with zero attached hydrogens (tertiary/aromatic N) is 2. The minimum atomic E-state index is -0.00319. The molecule has 0 unspecified atom stereocenters. The second-order valence-corrected chi connectivity index (χ2v) is 5.02. The molecule has 0 saturated heterocycles. The zero-order chi connectivity index (χ0) is 12.1. The Morgan fingerprint density at radius 3 is 2.69 bits per heavy atom. The molecule has 0 aliphatic rings. The van der Waals surface area contributed by atoms with Crippen LogP contribution in [0.4, 0.5) is 0 Å². The summed E-state index contributed by atoms with van der Waals surface area (Å²) in [6, 6.07) is 0. The first-order chi connectivity index (χ1) is 7.54. The summed E-state index contributed by atoms with van der Waals surface area (Å²) in [6.07, 6.45) is 0.885. The van der Waals surface area contributed by atoms with Crippen molar-refractivity contribution in [2.45, 2.75) is 20.3 Å². The van der Waals surface area contributed by atoms with Crippen LogP contribution in [0.2, 0.25) is 0 Å². The second kappa shape index (κ2) is 5.96. The fourth-order valence-electron chi connectivity index (χ4n) is 1.29. The lowest BCUT2D eigenvalue weighted by atomic mass is 10.3. The molecule has 1 aromatic rings. The van der Waals surface area contributed by atoms with Crippen LogP contribution in [0, 0.1) is 6.92 Å². The molecule has 0 spiro atoms. The van der Waals surface area contributed by atoms with Crippen molar-refractivity contribution in [2.75, 3.05) is 27.2 Å². The van der Waals surface area contributed by atoms with Crippen LogP contribution in [0.3, 0.4) is 0 Å². The zero-order valence-electron chi connectivity index (χ0n) is 10.3. The first-order valence-corrected chi connectivity index (χ1v) is 6.25. The molecule has 1 aromatic heterocycles.